The molecule has 0 atom stereocenters. The SMILES string of the molecule is COc1ccc(COC(=O)c2ccc(F)c(S(=O)(=O)N3CCOCC3)c2)cc1Br. The number of methoxy groups -OCH3 is 1. The monoisotopic (exact) mass is 487 g/mol. The van der Waals surface area contributed by atoms with Gasteiger partial charge in [0.05, 0.1) is 30.4 Å². The molecule has 0 bridgehead atoms. The second-order valence-electron chi connectivity index (χ2n) is 6.21. The van der Waals surface area contributed by atoms with Crippen LogP contribution in [-0.4, -0.2) is 52.1 Å². The molecule has 0 amide bonds. The number of morpholine rings is 1. The molecule has 0 aromatic heterocycles. The van der Waals surface area contributed by atoms with Crippen molar-refractivity contribution in [2.75, 3.05) is 33.4 Å². The van der Waals surface area contributed by atoms with Crippen LogP contribution in [0, 0.1) is 5.82 Å². The lowest BCUT2D eigenvalue weighted by Gasteiger charge is -2.26. The first-order valence-corrected chi connectivity index (χ1v) is 10.9. The Hall–Kier alpha value is -2.01. The second kappa shape index (κ2) is 9.21. The average molecular weight is 488 g/mol. The molecule has 2 aromatic carbocycles. The van der Waals surface area contributed by atoms with Gasteiger partial charge in [0.1, 0.15) is 23.1 Å². The third kappa shape index (κ3) is 4.95. The maximum Gasteiger partial charge on any atom is 0.338 e. The first-order chi connectivity index (χ1) is 13.8. The van der Waals surface area contributed by atoms with Crippen molar-refractivity contribution in [3.63, 3.8) is 0 Å². The summed E-state index contributed by atoms with van der Waals surface area (Å²) in [4.78, 5) is 11.8. The van der Waals surface area contributed by atoms with Crippen molar-refractivity contribution in [1.82, 2.24) is 4.31 Å². The van der Waals surface area contributed by atoms with E-state index in [1.54, 1.807) is 18.2 Å². The van der Waals surface area contributed by atoms with Gasteiger partial charge in [0.25, 0.3) is 0 Å². The van der Waals surface area contributed by atoms with E-state index in [1.807, 2.05) is 0 Å². The number of carbonyl (C=O) groups is 1. The summed E-state index contributed by atoms with van der Waals surface area (Å²) >= 11 is 3.35. The Balaban J connectivity index is 1.76. The lowest BCUT2D eigenvalue weighted by Crippen LogP contribution is -2.41. The van der Waals surface area contributed by atoms with Crippen LogP contribution in [0.3, 0.4) is 0 Å². The van der Waals surface area contributed by atoms with E-state index in [1.165, 1.54) is 13.2 Å². The van der Waals surface area contributed by atoms with Crippen molar-refractivity contribution in [2.24, 2.45) is 0 Å². The number of ether oxygens (including phenoxy) is 3. The highest BCUT2D eigenvalue weighted by molar-refractivity contribution is 9.10. The zero-order chi connectivity index (χ0) is 21.0. The minimum absolute atomic E-state index is 0.0373. The van der Waals surface area contributed by atoms with Crippen LogP contribution in [0.5, 0.6) is 5.75 Å². The molecule has 0 aliphatic carbocycles. The minimum Gasteiger partial charge on any atom is -0.496 e. The van der Waals surface area contributed by atoms with Crippen LogP contribution in [0.25, 0.3) is 0 Å². The van der Waals surface area contributed by atoms with E-state index in [4.69, 9.17) is 14.2 Å². The van der Waals surface area contributed by atoms with Crippen LogP contribution in [-0.2, 0) is 26.1 Å². The zero-order valence-corrected chi connectivity index (χ0v) is 18.0. The van der Waals surface area contributed by atoms with Gasteiger partial charge in [0, 0.05) is 13.1 Å². The predicted molar refractivity (Wildman–Crippen MR) is 106 cm³/mol. The fourth-order valence-corrected chi connectivity index (χ4v) is 4.87. The largest absolute Gasteiger partial charge is 0.496 e. The normalized spacial score (nSPS) is 15.1. The summed E-state index contributed by atoms with van der Waals surface area (Å²) in [6.45, 7) is 0.690. The maximum absolute atomic E-state index is 14.2. The van der Waals surface area contributed by atoms with Gasteiger partial charge in [-0.3, -0.25) is 0 Å². The number of sulfonamides is 1. The number of hydrogen-bond donors (Lipinski definition) is 0. The molecule has 1 fully saturated rings. The van der Waals surface area contributed by atoms with Crippen molar-refractivity contribution >= 4 is 31.9 Å². The molecular weight excluding hydrogens is 469 g/mol. The Labute approximate surface area is 176 Å². The summed E-state index contributed by atoms with van der Waals surface area (Å²) in [6, 6.07) is 8.35. The molecule has 0 saturated carbocycles. The Morgan fingerprint density at radius 2 is 1.93 bits per heavy atom. The number of halogens is 2. The van der Waals surface area contributed by atoms with Crippen molar-refractivity contribution in [1.29, 1.82) is 0 Å². The fourth-order valence-electron chi connectivity index (χ4n) is 2.79. The van der Waals surface area contributed by atoms with E-state index in [-0.39, 0.29) is 38.5 Å². The number of nitrogens with zero attached hydrogens (tertiary/aromatic N) is 1. The molecule has 29 heavy (non-hydrogen) atoms. The average Bonchev–Trinajstić information content (AvgIpc) is 2.73. The molecule has 156 valence electrons. The number of carbonyl (C=O) groups excluding carboxylic acids is 1. The van der Waals surface area contributed by atoms with Gasteiger partial charge >= 0.3 is 5.97 Å². The van der Waals surface area contributed by atoms with E-state index in [9.17, 15) is 17.6 Å². The van der Waals surface area contributed by atoms with Crippen LogP contribution >= 0.6 is 15.9 Å². The van der Waals surface area contributed by atoms with Gasteiger partial charge in [-0.2, -0.15) is 4.31 Å². The third-order valence-electron chi connectivity index (χ3n) is 4.34. The molecule has 3 rings (SSSR count). The summed E-state index contributed by atoms with van der Waals surface area (Å²) in [5.41, 5.74) is 0.653. The van der Waals surface area contributed by atoms with E-state index < -0.39 is 26.7 Å². The van der Waals surface area contributed by atoms with Crippen molar-refractivity contribution in [2.45, 2.75) is 11.5 Å². The van der Waals surface area contributed by atoms with Crippen molar-refractivity contribution < 1.29 is 31.8 Å². The Kier molecular flexibility index (Phi) is 6.89. The number of esters is 1. The van der Waals surface area contributed by atoms with E-state index >= 15 is 0 Å². The minimum atomic E-state index is -4.08. The van der Waals surface area contributed by atoms with Crippen molar-refractivity contribution in [3.8, 4) is 5.75 Å². The summed E-state index contributed by atoms with van der Waals surface area (Å²) in [5, 5.41) is 0. The van der Waals surface area contributed by atoms with Crippen LogP contribution < -0.4 is 4.74 Å². The molecular formula is C19H19BrFNO6S. The van der Waals surface area contributed by atoms with E-state index in [2.05, 4.69) is 15.9 Å². The fraction of sp³-hybridized carbons (Fsp3) is 0.316. The van der Waals surface area contributed by atoms with E-state index in [0.29, 0.717) is 15.8 Å². The van der Waals surface area contributed by atoms with Gasteiger partial charge in [0.15, 0.2) is 0 Å². The van der Waals surface area contributed by atoms with Gasteiger partial charge < -0.3 is 14.2 Å². The highest BCUT2D eigenvalue weighted by atomic mass is 79.9. The Morgan fingerprint density at radius 3 is 2.59 bits per heavy atom. The maximum atomic E-state index is 14.2. The molecule has 10 heteroatoms. The molecule has 2 aromatic rings. The quantitative estimate of drug-likeness (QED) is 0.582. The van der Waals surface area contributed by atoms with Gasteiger partial charge in [-0.15, -0.1) is 0 Å². The van der Waals surface area contributed by atoms with Gasteiger partial charge in [-0.1, -0.05) is 6.07 Å². The van der Waals surface area contributed by atoms with E-state index in [0.717, 1.165) is 16.4 Å². The Bertz CT molecular complexity index is 1010. The van der Waals surface area contributed by atoms with Gasteiger partial charge in [-0.05, 0) is 51.8 Å². The molecule has 1 aliphatic heterocycles. The molecule has 0 spiro atoms. The lowest BCUT2D eigenvalue weighted by molar-refractivity contribution is 0.0472. The smallest absolute Gasteiger partial charge is 0.338 e. The molecule has 0 N–H and O–H groups in total. The first kappa shape index (κ1) is 21.7. The summed E-state index contributed by atoms with van der Waals surface area (Å²) in [7, 11) is -2.54. The van der Waals surface area contributed by atoms with Crippen LogP contribution in [0.2, 0.25) is 0 Å². The highest BCUT2D eigenvalue weighted by Crippen LogP contribution is 2.26. The van der Waals surface area contributed by atoms with Gasteiger partial charge in [-0.25, -0.2) is 17.6 Å². The summed E-state index contributed by atoms with van der Waals surface area (Å²) in [5.74, 6) is -1.04. The highest BCUT2D eigenvalue weighted by Gasteiger charge is 2.30. The Morgan fingerprint density at radius 1 is 1.21 bits per heavy atom. The molecule has 0 unspecified atom stereocenters. The van der Waals surface area contributed by atoms with Crippen LogP contribution in [0.1, 0.15) is 15.9 Å². The number of hydrogen-bond acceptors (Lipinski definition) is 6. The number of benzene rings is 2. The third-order valence-corrected chi connectivity index (χ3v) is 6.87. The first-order valence-electron chi connectivity index (χ1n) is 8.70. The molecule has 7 nitrogen and oxygen atoms in total. The zero-order valence-electron chi connectivity index (χ0n) is 15.6. The van der Waals surface area contributed by atoms with Crippen molar-refractivity contribution in [3.05, 3.63) is 57.8 Å². The predicted octanol–water partition coefficient (Wildman–Crippen LogP) is 2.97. The number of rotatable bonds is 6. The van der Waals surface area contributed by atoms with Gasteiger partial charge in [0.2, 0.25) is 10.0 Å². The molecule has 1 saturated heterocycles. The molecule has 1 aliphatic rings. The summed E-state index contributed by atoms with van der Waals surface area (Å²) in [6.07, 6.45) is 0. The second-order valence-corrected chi connectivity index (χ2v) is 8.97. The lowest BCUT2D eigenvalue weighted by atomic mass is 10.2. The van der Waals surface area contributed by atoms with Crippen LogP contribution in [0.15, 0.2) is 45.8 Å². The summed E-state index contributed by atoms with van der Waals surface area (Å²) < 4.78 is 57.0. The van der Waals surface area contributed by atoms with Crippen LogP contribution in [0.4, 0.5) is 4.39 Å². The standard InChI is InChI=1S/C19H19BrFNO6S/c1-26-17-5-2-13(10-15(17)20)12-28-19(23)14-3-4-16(21)18(11-14)29(24,25)22-6-8-27-9-7-22/h2-5,10-11H,6-9,12H2,1H3. The topological polar surface area (TPSA) is 82.1 Å². The molecule has 1 heterocycles. The molecule has 0 radical (unpaired) electrons.